The Balaban J connectivity index is 2.93. The molecule has 1 amide bonds. The molecule has 0 atom stereocenters. The first-order valence-corrected chi connectivity index (χ1v) is 5.52. The number of hydrogen-bond donors (Lipinski definition) is 1. The Kier molecular flexibility index (Phi) is 4.11. The third-order valence-corrected chi connectivity index (χ3v) is 2.44. The Morgan fingerprint density at radius 2 is 2.12 bits per heavy atom. The van der Waals surface area contributed by atoms with Gasteiger partial charge in [-0.1, -0.05) is 17.7 Å². The molecule has 94 valence electrons. The highest BCUT2D eigenvalue weighted by molar-refractivity contribution is 6.31. The molecule has 0 aliphatic rings. The van der Waals surface area contributed by atoms with E-state index in [9.17, 15) is 14.3 Å². The fourth-order valence-corrected chi connectivity index (χ4v) is 1.70. The summed E-state index contributed by atoms with van der Waals surface area (Å²) in [6.45, 7) is 3.26. The lowest BCUT2D eigenvalue weighted by molar-refractivity contribution is 0.0365. The van der Waals surface area contributed by atoms with Gasteiger partial charge in [0.15, 0.2) is 5.82 Å². The Morgan fingerprint density at radius 1 is 1.53 bits per heavy atom. The molecule has 0 unspecified atom stereocenters. The summed E-state index contributed by atoms with van der Waals surface area (Å²) in [5.41, 5.74) is -1.12. The second-order valence-electron chi connectivity index (χ2n) is 4.58. The van der Waals surface area contributed by atoms with Gasteiger partial charge in [-0.3, -0.25) is 4.79 Å². The summed E-state index contributed by atoms with van der Waals surface area (Å²) >= 11 is 5.60. The summed E-state index contributed by atoms with van der Waals surface area (Å²) in [5.74, 6) is -1.24. The number of aliphatic hydroxyl groups is 1. The molecule has 0 saturated heterocycles. The van der Waals surface area contributed by atoms with Crippen molar-refractivity contribution in [3.05, 3.63) is 34.6 Å². The van der Waals surface area contributed by atoms with Crippen LogP contribution in [0.3, 0.4) is 0 Å². The van der Waals surface area contributed by atoms with E-state index in [-0.39, 0.29) is 17.1 Å². The highest BCUT2D eigenvalue weighted by Gasteiger charge is 2.22. The van der Waals surface area contributed by atoms with Crippen molar-refractivity contribution in [2.24, 2.45) is 0 Å². The van der Waals surface area contributed by atoms with E-state index in [1.54, 1.807) is 13.8 Å². The fraction of sp³-hybridized carbons (Fsp3) is 0.417. The quantitative estimate of drug-likeness (QED) is 0.905. The minimum Gasteiger partial charge on any atom is -0.389 e. The van der Waals surface area contributed by atoms with Gasteiger partial charge in [-0.05, 0) is 26.0 Å². The topological polar surface area (TPSA) is 40.5 Å². The molecule has 0 saturated carbocycles. The summed E-state index contributed by atoms with van der Waals surface area (Å²) in [4.78, 5) is 13.2. The van der Waals surface area contributed by atoms with Crippen molar-refractivity contribution in [2.45, 2.75) is 19.4 Å². The molecule has 3 nitrogen and oxygen atoms in total. The number of benzene rings is 1. The SMILES string of the molecule is CN(CC(C)(C)O)C(=O)c1cccc(Cl)c1F. The van der Waals surface area contributed by atoms with Crippen LogP contribution in [0.15, 0.2) is 18.2 Å². The number of rotatable bonds is 3. The molecule has 0 bridgehead atoms. The van der Waals surface area contributed by atoms with Crippen LogP contribution < -0.4 is 0 Å². The Hall–Kier alpha value is -1.13. The number of hydrogen-bond acceptors (Lipinski definition) is 2. The smallest absolute Gasteiger partial charge is 0.256 e. The highest BCUT2D eigenvalue weighted by atomic mass is 35.5. The first-order valence-electron chi connectivity index (χ1n) is 5.14. The summed E-state index contributed by atoms with van der Waals surface area (Å²) < 4.78 is 13.6. The first-order chi connectivity index (χ1) is 7.72. The summed E-state index contributed by atoms with van der Waals surface area (Å²) in [6.07, 6.45) is 0. The van der Waals surface area contributed by atoms with Gasteiger partial charge in [-0.25, -0.2) is 4.39 Å². The molecule has 0 heterocycles. The van der Waals surface area contributed by atoms with Crippen LogP contribution in [0.1, 0.15) is 24.2 Å². The van der Waals surface area contributed by atoms with E-state index in [4.69, 9.17) is 11.6 Å². The average molecular weight is 260 g/mol. The molecule has 0 aliphatic carbocycles. The maximum absolute atomic E-state index is 13.6. The lowest BCUT2D eigenvalue weighted by Crippen LogP contribution is -2.40. The van der Waals surface area contributed by atoms with Crippen LogP contribution in [0.5, 0.6) is 0 Å². The number of amides is 1. The zero-order valence-corrected chi connectivity index (χ0v) is 10.8. The van der Waals surface area contributed by atoms with Crippen molar-refractivity contribution in [3.63, 3.8) is 0 Å². The molecule has 17 heavy (non-hydrogen) atoms. The van der Waals surface area contributed by atoms with Gasteiger partial charge < -0.3 is 10.0 Å². The van der Waals surface area contributed by atoms with Crippen molar-refractivity contribution < 1.29 is 14.3 Å². The van der Waals surface area contributed by atoms with Crippen LogP contribution >= 0.6 is 11.6 Å². The Labute approximate surface area is 105 Å². The Morgan fingerprint density at radius 3 is 2.65 bits per heavy atom. The lowest BCUT2D eigenvalue weighted by atomic mass is 10.1. The Bertz CT molecular complexity index is 429. The van der Waals surface area contributed by atoms with Crippen molar-refractivity contribution in [1.82, 2.24) is 4.90 Å². The molecule has 0 aromatic heterocycles. The fourth-order valence-electron chi connectivity index (χ4n) is 1.53. The van der Waals surface area contributed by atoms with Gasteiger partial charge in [0, 0.05) is 13.6 Å². The normalized spacial score (nSPS) is 11.4. The van der Waals surface area contributed by atoms with Gasteiger partial charge in [0.25, 0.3) is 5.91 Å². The zero-order valence-electron chi connectivity index (χ0n) is 10.00. The number of halogens is 2. The van der Waals surface area contributed by atoms with Crippen molar-refractivity contribution >= 4 is 17.5 Å². The van der Waals surface area contributed by atoms with Crippen molar-refractivity contribution in [2.75, 3.05) is 13.6 Å². The van der Waals surface area contributed by atoms with E-state index in [0.717, 1.165) is 0 Å². The second kappa shape index (κ2) is 5.02. The van der Waals surface area contributed by atoms with E-state index in [1.165, 1.54) is 30.1 Å². The predicted molar refractivity (Wildman–Crippen MR) is 64.7 cm³/mol. The average Bonchev–Trinajstić information content (AvgIpc) is 2.18. The van der Waals surface area contributed by atoms with Crippen LogP contribution in [0.25, 0.3) is 0 Å². The molecule has 1 rings (SSSR count). The molecule has 0 spiro atoms. The number of carbonyl (C=O) groups is 1. The molecular weight excluding hydrogens is 245 g/mol. The minimum absolute atomic E-state index is 0.0903. The molecule has 0 aliphatic heterocycles. The predicted octanol–water partition coefficient (Wildman–Crippen LogP) is 2.32. The van der Waals surface area contributed by atoms with Gasteiger partial charge in [0.1, 0.15) is 0 Å². The standard InChI is InChI=1S/C12H15ClFNO2/c1-12(2,17)7-15(3)11(16)8-5-4-6-9(13)10(8)14/h4-6,17H,7H2,1-3H3. The van der Waals surface area contributed by atoms with Crippen LogP contribution in [0.2, 0.25) is 5.02 Å². The van der Waals surface area contributed by atoms with Crippen LogP contribution in [0.4, 0.5) is 4.39 Å². The molecule has 0 fully saturated rings. The van der Waals surface area contributed by atoms with Gasteiger partial charge in [-0.15, -0.1) is 0 Å². The third kappa shape index (κ3) is 3.68. The highest BCUT2D eigenvalue weighted by Crippen LogP contribution is 2.19. The monoisotopic (exact) mass is 259 g/mol. The molecule has 1 N–H and O–H groups in total. The summed E-state index contributed by atoms with van der Waals surface area (Å²) in [7, 11) is 1.50. The number of nitrogens with zero attached hydrogens (tertiary/aromatic N) is 1. The van der Waals surface area contributed by atoms with E-state index >= 15 is 0 Å². The van der Waals surface area contributed by atoms with Crippen LogP contribution in [-0.2, 0) is 0 Å². The number of likely N-dealkylation sites (N-methyl/N-ethyl adjacent to an activating group) is 1. The van der Waals surface area contributed by atoms with Crippen LogP contribution in [0, 0.1) is 5.82 Å². The van der Waals surface area contributed by atoms with Gasteiger partial charge in [-0.2, -0.15) is 0 Å². The molecule has 5 heteroatoms. The largest absolute Gasteiger partial charge is 0.389 e. The molecule has 0 radical (unpaired) electrons. The van der Waals surface area contributed by atoms with Gasteiger partial charge in [0.05, 0.1) is 16.2 Å². The van der Waals surface area contributed by atoms with E-state index in [1.807, 2.05) is 0 Å². The van der Waals surface area contributed by atoms with Gasteiger partial charge >= 0.3 is 0 Å². The van der Waals surface area contributed by atoms with E-state index in [2.05, 4.69) is 0 Å². The third-order valence-electron chi connectivity index (χ3n) is 2.15. The van der Waals surface area contributed by atoms with E-state index < -0.39 is 17.3 Å². The molecule has 1 aromatic carbocycles. The second-order valence-corrected chi connectivity index (χ2v) is 4.98. The maximum atomic E-state index is 13.6. The van der Waals surface area contributed by atoms with Crippen molar-refractivity contribution in [1.29, 1.82) is 0 Å². The van der Waals surface area contributed by atoms with Crippen LogP contribution in [-0.4, -0.2) is 35.1 Å². The zero-order chi connectivity index (χ0) is 13.2. The number of carbonyl (C=O) groups excluding carboxylic acids is 1. The molecule has 1 aromatic rings. The maximum Gasteiger partial charge on any atom is 0.256 e. The minimum atomic E-state index is -1.03. The first kappa shape index (κ1) is 13.9. The van der Waals surface area contributed by atoms with Crippen molar-refractivity contribution in [3.8, 4) is 0 Å². The summed E-state index contributed by atoms with van der Waals surface area (Å²) in [6, 6.07) is 4.25. The van der Waals surface area contributed by atoms with Gasteiger partial charge in [0.2, 0.25) is 0 Å². The lowest BCUT2D eigenvalue weighted by Gasteiger charge is -2.25. The summed E-state index contributed by atoms with van der Waals surface area (Å²) in [5, 5.41) is 9.50. The molecular formula is C12H15ClFNO2. The van der Waals surface area contributed by atoms with E-state index in [0.29, 0.717) is 0 Å².